The molecule has 1 amide bonds. The van der Waals surface area contributed by atoms with Crippen LogP contribution in [0.2, 0.25) is 0 Å². The summed E-state index contributed by atoms with van der Waals surface area (Å²) in [5.41, 5.74) is 1.06. The highest BCUT2D eigenvalue weighted by molar-refractivity contribution is 7.89. The van der Waals surface area contributed by atoms with Gasteiger partial charge in [0.25, 0.3) is 5.91 Å². The molecule has 1 saturated heterocycles. The van der Waals surface area contributed by atoms with Gasteiger partial charge in [0.1, 0.15) is 5.58 Å². The lowest BCUT2D eigenvalue weighted by Crippen LogP contribution is -2.50. The predicted molar refractivity (Wildman–Crippen MR) is 119 cm³/mol. The Bertz CT molecular complexity index is 1230. The van der Waals surface area contributed by atoms with Crippen LogP contribution in [0.3, 0.4) is 0 Å². The summed E-state index contributed by atoms with van der Waals surface area (Å²) in [5, 5.41) is 2.92. The van der Waals surface area contributed by atoms with E-state index in [4.69, 9.17) is 4.42 Å². The van der Waals surface area contributed by atoms with Crippen molar-refractivity contribution in [1.82, 2.24) is 9.62 Å². The molecule has 1 fully saturated rings. The molecule has 1 N–H and O–H groups in total. The number of hydrogen-bond acceptors (Lipinski definition) is 6. The van der Waals surface area contributed by atoms with Gasteiger partial charge in [-0.2, -0.15) is 4.31 Å². The Morgan fingerprint density at radius 3 is 2.39 bits per heavy atom. The summed E-state index contributed by atoms with van der Waals surface area (Å²) in [5.74, 6) is -0.980. The van der Waals surface area contributed by atoms with E-state index in [1.807, 2.05) is 30.3 Å². The number of fused-ring (bicyclic) bond motifs is 1. The number of hydrogen-bond donors (Lipinski definition) is 1. The van der Waals surface area contributed by atoms with Gasteiger partial charge in [-0.05, 0) is 24.3 Å². The van der Waals surface area contributed by atoms with Gasteiger partial charge in [-0.1, -0.05) is 30.3 Å². The average molecular weight is 442 g/mol. The SMILES string of the molecule is O=C(NCCS(=O)(=O)N1CCN(c2ccccc2)CC1)c1cc(=O)c2ccccc2o1. The lowest BCUT2D eigenvalue weighted by atomic mass is 10.2. The lowest BCUT2D eigenvalue weighted by molar-refractivity contribution is 0.0929. The molecule has 0 saturated carbocycles. The highest BCUT2D eigenvalue weighted by Crippen LogP contribution is 2.17. The fourth-order valence-electron chi connectivity index (χ4n) is 3.59. The first-order valence-corrected chi connectivity index (χ1v) is 11.6. The average Bonchev–Trinajstić information content (AvgIpc) is 2.79. The fraction of sp³-hybridized carbons (Fsp3) is 0.273. The van der Waals surface area contributed by atoms with Crippen LogP contribution in [0.1, 0.15) is 10.6 Å². The Kier molecular flexibility index (Phi) is 6.06. The second-order valence-electron chi connectivity index (χ2n) is 7.26. The Balaban J connectivity index is 1.32. The second-order valence-corrected chi connectivity index (χ2v) is 9.35. The minimum atomic E-state index is -3.51. The molecule has 9 heteroatoms. The molecule has 1 aliphatic rings. The summed E-state index contributed by atoms with van der Waals surface area (Å²) in [6, 6.07) is 17.6. The summed E-state index contributed by atoms with van der Waals surface area (Å²) in [7, 11) is -3.51. The van der Waals surface area contributed by atoms with E-state index in [2.05, 4.69) is 10.2 Å². The van der Waals surface area contributed by atoms with Crippen LogP contribution in [0.4, 0.5) is 5.69 Å². The molecule has 162 valence electrons. The maximum atomic E-state index is 12.7. The molecule has 2 aromatic carbocycles. The molecular formula is C22H23N3O5S. The summed E-state index contributed by atoms with van der Waals surface area (Å²) >= 11 is 0. The first-order valence-electron chi connectivity index (χ1n) is 10.0. The van der Waals surface area contributed by atoms with E-state index in [1.165, 1.54) is 4.31 Å². The molecular weight excluding hydrogens is 418 g/mol. The van der Waals surface area contributed by atoms with Gasteiger partial charge in [-0.3, -0.25) is 9.59 Å². The van der Waals surface area contributed by atoms with E-state index >= 15 is 0 Å². The third-order valence-electron chi connectivity index (χ3n) is 5.26. The van der Waals surface area contributed by atoms with Crippen molar-refractivity contribution in [2.75, 3.05) is 43.4 Å². The van der Waals surface area contributed by atoms with Crippen molar-refractivity contribution < 1.29 is 17.6 Å². The minimum absolute atomic E-state index is 0.0728. The number of amides is 1. The summed E-state index contributed by atoms with van der Waals surface area (Å²) in [6.45, 7) is 1.93. The van der Waals surface area contributed by atoms with Gasteiger partial charge < -0.3 is 14.6 Å². The molecule has 2 heterocycles. The highest BCUT2D eigenvalue weighted by Gasteiger charge is 2.27. The number of nitrogens with one attached hydrogen (secondary N) is 1. The second kappa shape index (κ2) is 8.91. The molecule has 4 rings (SSSR count). The Labute approximate surface area is 180 Å². The minimum Gasteiger partial charge on any atom is -0.451 e. The van der Waals surface area contributed by atoms with Crippen LogP contribution in [0.5, 0.6) is 0 Å². The molecule has 0 radical (unpaired) electrons. The van der Waals surface area contributed by atoms with Gasteiger partial charge >= 0.3 is 0 Å². The summed E-state index contributed by atoms with van der Waals surface area (Å²) in [4.78, 5) is 26.6. The largest absolute Gasteiger partial charge is 0.451 e. The molecule has 8 nitrogen and oxygen atoms in total. The van der Waals surface area contributed by atoms with Gasteiger partial charge in [-0.25, -0.2) is 8.42 Å². The van der Waals surface area contributed by atoms with Crippen molar-refractivity contribution in [3.05, 3.63) is 76.6 Å². The molecule has 0 bridgehead atoms. The van der Waals surface area contributed by atoms with E-state index in [0.29, 0.717) is 37.1 Å². The summed E-state index contributed by atoms with van der Waals surface area (Å²) in [6.07, 6.45) is 0. The fourth-order valence-corrected chi connectivity index (χ4v) is 4.93. The molecule has 0 atom stereocenters. The number of piperazine rings is 1. The standard InChI is InChI=1S/C22H23N3O5S/c26-19-16-21(30-20-9-5-4-8-18(19)20)22(27)23-10-15-31(28,29)25-13-11-24(12-14-25)17-6-2-1-3-7-17/h1-9,16H,10-15H2,(H,23,27). The topological polar surface area (TPSA) is 99.9 Å². The number of sulfonamides is 1. The van der Waals surface area contributed by atoms with Gasteiger partial charge in [0, 0.05) is 44.5 Å². The van der Waals surface area contributed by atoms with Crippen LogP contribution in [0.15, 0.2) is 69.9 Å². The molecule has 0 unspecified atom stereocenters. The van der Waals surface area contributed by atoms with Gasteiger partial charge in [0.05, 0.1) is 11.1 Å². The Morgan fingerprint density at radius 1 is 0.968 bits per heavy atom. The first-order chi connectivity index (χ1) is 14.9. The number of rotatable bonds is 6. The van der Waals surface area contributed by atoms with Crippen LogP contribution in [0, 0.1) is 0 Å². The molecule has 31 heavy (non-hydrogen) atoms. The highest BCUT2D eigenvalue weighted by atomic mass is 32.2. The maximum absolute atomic E-state index is 12.7. The first kappa shape index (κ1) is 21.1. The van der Waals surface area contributed by atoms with Crippen molar-refractivity contribution in [3.63, 3.8) is 0 Å². The summed E-state index contributed by atoms with van der Waals surface area (Å²) < 4.78 is 32.2. The van der Waals surface area contributed by atoms with Crippen LogP contribution >= 0.6 is 0 Å². The van der Waals surface area contributed by atoms with E-state index in [-0.39, 0.29) is 23.5 Å². The Hall–Kier alpha value is -3.17. The normalized spacial score (nSPS) is 15.2. The number of nitrogens with zero attached hydrogens (tertiary/aromatic N) is 2. The van der Waals surface area contributed by atoms with Gasteiger partial charge in [0.2, 0.25) is 10.0 Å². The molecule has 1 aliphatic heterocycles. The van der Waals surface area contributed by atoms with Crippen LogP contribution in [0.25, 0.3) is 11.0 Å². The maximum Gasteiger partial charge on any atom is 0.287 e. The molecule has 1 aromatic heterocycles. The van der Waals surface area contributed by atoms with Crippen molar-refractivity contribution in [3.8, 4) is 0 Å². The zero-order valence-electron chi connectivity index (χ0n) is 16.9. The van der Waals surface area contributed by atoms with E-state index in [0.717, 1.165) is 11.8 Å². The van der Waals surface area contributed by atoms with E-state index < -0.39 is 15.9 Å². The zero-order valence-corrected chi connectivity index (χ0v) is 17.7. The van der Waals surface area contributed by atoms with Crippen LogP contribution in [-0.4, -0.2) is 57.1 Å². The van der Waals surface area contributed by atoms with E-state index in [1.54, 1.807) is 24.3 Å². The van der Waals surface area contributed by atoms with Crippen LogP contribution < -0.4 is 15.6 Å². The van der Waals surface area contributed by atoms with Gasteiger partial charge in [0.15, 0.2) is 11.2 Å². The number of anilines is 1. The number of carbonyl (C=O) groups excluding carboxylic acids is 1. The third-order valence-corrected chi connectivity index (χ3v) is 7.13. The van der Waals surface area contributed by atoms with Crippen LogP contribution in [-0.2, 0) is 10.0 Å². The van der Waals surface area contributed by atoms with Crippen molar-refractivity contribution >= 4 is 32.6 Å². The lowest BCUT2D eigenvalue weighted by Gasteiger charge is -2.35. The van der Waals surface area contributed by atoms with Gasteiger partial charge in [-0.15, -0.1) is 0 Å². The van der Waals surface area contributed by atoms with Crippen molar-refractivity contribution in [2.24, 2.45) is 0 Å². The van der Waals surface area contributed by atoms with Crippen molar-refractivity contribution in [2.45, 2.75) is 0 Å². The van der Waals surface area contributed by atoms with Crippen molar-refractivity contribution in [1.29, 1.82) is 0 Å². The molecule has 3 aromatic rings. The third kappa shape index (κ3) is 4.78. The monoisotopic (exact) mass is 441 g/mol. The Morgan fingerprint density at radius 2 is 1.65 bits per heavy atom. The number of para-hydroxylation sites is 2. The molecule has 0 aliphatic carbocycles. The number of benzene rings is 2. The quantitative estimate of drug-likeness (QED) is 0.625. The smallest absolute Gasteiger partial charge is 0.287 e. The predicted octanol–water partition coefficient (Wildman–Crippen LogP) is 1.67. The number of carbonyl (C=O) groups is 1. The zero-order chi connectivity index (χ0) is 21.8. The molecule has 0 spiro atoms. The van der Waals surface area contributed by atoms with E-state index in [9.17, 15) is 18.0 Å².